The van der Waals surface area contributed by atoms with Gasteiger partial charge in [-0.05, 0) is 42.7 Å². The highest BCUT2D eigenvalue weighted by Gasteiger charge is 2.29. The Morgan fingerprint density at radius 3 is 2.50 bits per heavy atom. The Kier molecular flexibility index (Phi) is 5.11. The summed E-state index contributed by atoms with van der Waals surface area (Å²) in [6.45, 7) is 1.75. The first-order valence-electron chi connectivity index (χ1n) is 8.14. The molecule has 1 aliphatic heterocycles. The van der Waals surface area contributed by atoms with Crippen molar-refractivity contribution >= 4 is 15.8 Å². The van der Waals surface area contributed by atoms with Crippen molar-refractivity contribution in [2.75, 3.05) is 25.0 Å². The van der Waals surface area contributed by atoms with Gasteiger partial charge in [-0.3, -0.25) is 4.98 Å². The Labute approximate surface area is 143 Å². The van der Waals surface area contributed by atoms with E-state index < -0.39 is 10.0 Å². The number of hydrogen-bond acceptors (Lipinski definition) is 5. The third-order valence-corrected chi connectivity index (χ3v) is 6.13. The molecule has 0 spiro atoms. The van der Waals surface area contributed by atoms with Crippen molar-refractivity contribution in [2.45, 2.75) is 30.7 Å². The van der Waals surface area contributed by atoms with Gasteiger partial charge in [-0.15, -0.1) is 0 Å². The van der Waals surface area contributed by atoms with Crippen LogP contribution in [0, 0.1) is 0 Å². The zero-order valence-corrected chi connectivity index (χ0v) is 14.6. The molecule has 2 aromatic rings. The number of hydrogen-bond donors (Lipinski definition) is 0. The van der Waals surface area contributed by atoms with Gasteiger partial charge < -0.3 is 4.90 Å². The Morgan fingerprint density at radius 1 is 1.08 bits per heavy atom. The van der Waals surface area contributed by atoms with Crippen molar-refractivity contribution < 1.29 is 8.42 Å². The lowest BCUT2D eigenvalue weighted by Gasteiger charge is -2.28. The average Bonchev–Trinajstić information content (AvgIpc) is 2.63. The molecule has 2 aromatic heterocycles. The predicted octanol–water partition coefficient (Wildman–Crippen LogP) is 2.29. The van der Waals surface area contributed by atoms with Crippen LogP contribution in [0.15, 0.2) is 47.8 Å². The lowest BCUT2D eigenvalue weighted by atomic mass is 10.2. The van der Waals surface area contributed by atoms with Crippen molar-refractivity contribution in [3.05, 3.63) is 48.4 Å². The van der Waals surface area contributed by atoms with Crippen LogP contribution in [0.1, 0.15) is 24.8 Å². The van der Waals surface area contributed by atoms with Gasteiger partial charge in [0.2, 0.25) is 10.0 Å². The lowest BCUT2D eigenvalue weighted by Crippen LogP contribution is -2.36. The minimum atomic E-state index is -3.51. The monoisotopic (exact) mass is 346 g/mol. The summed E-state index contributed by atoms with van der Waals surface area (Å²) in [7, 11) is -1.65. The number of aromatic nitrogens is 2. The van der Waals surface area contributed by atoms with Crippen molar-refractivity contribution in [1.82, 2.24) is 14.3 Å². The summed E-state index contributed by atoms with van der Waals surface area (Å²) < 4.78 is 27.6. The molecular weight excluding hydrogens is 324 g/mol. The van der Waals surface area contributed by atoms with Crippen LogP contribution in [-0.4, -0.2) is 42.8 Å². The molecule has 6 nitrogen and oxygen atoms in total. The van der Waals surface area contributed by atoms with Crippen LogP contribution in [0.3, 0.4) is 0 Å². The van der Waals surface area contributed by atoms with E-state index in [1.807, 2.05) is 24.1 Å². The fraction of sp³-hybridized carbons (Fsp3) is 0.412. The highest BCUT2D eigenvalue weighted by atomic mass is 32.2. The van der Waals surface area contributed by atoms with Gasteiger partial charge in [0.25, 0.3) is 0 Å². The Hall–Kier alpha value is -1.99. The maximum Gasteiger partial charge on any atom is 0.246 e. The lowest BCUT2D eigenvalue weighted by molar-refractivity contribution is 0.346. The maximum absolute atomic E-state index is 13.0. The highest BCUT2D eigenvalue weighted by Crippen LogP contribution is 2.27. The number of pyridine rings is 2. The van der Waals surface area contributed by atoms with E-state index in [0.29, 0.717) is 25.5 Å². The second-order valence-electron chi connectivity index (χ2n) is 6.00. The number of piperidine rings is 1. The number of nitrogens with zero attached hydrogens (tertiary/aromatic N) is 4. The molecule has 3 rings (SSSR count). The summed E-state index contributed by atoms with van der Waals surface area (Å²) in [4.78, 5) is 10.5. The SMILES string of the molecule is CN(Cc1ccncc1)c1ncccc1S(=O)(=O)N1CCCCC1. The zero-order chi connectivity index (χ0) is 17.0. The first-order chi connectivity index (χ1) is 11.6. The smallest absolute Gasteiger partial charge is 0.246 e. The van der Waals surface area contributed by atoms with Gasteiger partial charge in [-0.2, -0.15) is 4.31 Å². The number of rotatable bonds is 5. The fourth-order valence-corrected chi connectivity index (χ4v) is 4.66. The van der Waals surface area contributed by atoms with Crippen LogP contribution in [0.25, 0.3) is 0 Å². The van der Waals surface area contributed by atoms with E-state index in [0.717, 1.165) is 24.8 Å². The second-order valence-corrected chi connectivity index (χ2v) is 7.91. The maximum atomic E-state index is 13.0. The van der Waals surface area contributed by atoms with Crippen LogP contribution in [0.4, 0.5) is 5.82 Å². The van der Waals surface area contributed by atoms with E-state index >= 15 is 0 Å². The summed E-state index contributed by atoms with van der Waals surface area (Å²) in [6.07, 6.45) is 8.02. The number of anilines is 1. The average molecular weight is 346 g/mol. The molecule has 0 unspecified atom stereocenters. The standard InChI is InChI=1S/C17H22N4O2S/c1-20(14-15-7-10-18-11-8-15)17-16(6-5-9-19-17)24(22,23)21-12-3-2-4-13-21/h5-11H,2-4,12-14H2,1H3. The molecule has 0 radical (unpaired) electrons. The summed E-state index contributed by atoms with van der Waals surface area (Å²) >= 11 is 0. The fourth-order valence-electron chi connectivity index (χ4n) is 2.95. The molecule has 0 aliphatic carbocycles. The molecule has 0 saturated carbocycles. The van der Waals surface area contributed by atoms with E-state index in [1.165, 1.54) is 0 Å². The quantitative estimate of drug-likeness (QED) is 0.831. The Bertz CT molecular complexity index is 774. The molecule has 0 bridgehead atoms. The van der Waals surface area contributed by atoms with Crippen LogP contribution >= 0.6 is 0 Å². The molecule has 1 aliphatic rings. The molecule has 0 atom stereocenters. The molecule has 128 valence electrons. The third-order valence-electron chi connectivity index (χ3n) is 4.21. The van der Waals surface area contributed by atoms with Gasteiger partial charge in [0.15, 0.2) is 0 Å². The predicted molar refractivity (Wildman–Crippen MR) is 93.2 cm³/mol. The van der Waals surface area contributed by atoms with E-state index in [2.05, 4.69) is 9.97 Å². The molecule has 3 heterocycles. The Balaban J connectivity index is 1.90. The van der Waals surface area contributed by atoms with E-state index in [4.69, 9.17) is 0 Å². The third kappa shape index (κ3) is 3.57. The van der Waals surface area contributed by atoms with Gasteiger partial charge in [-0.1, -0.05) is 6.42 Å². The molecule has 7 heteroatoms. The van der Waals surface area contributed by atoms with Crippen LogP contribution < -0.4 is 4.90 Å². The summed E-state index contributed by atoms with van der Waals surface area (Å²) in [5.41, 5.74) is 1.06. The zero-order valence-electron chi connectivity index (χ0n) is 13.8. The highest BCUT2D eigenvalue weighted by molar-refractivity contribution is 7.89. The van der Waals surface area contributed by atoms with Crippen molar-refractivity contribution in [2.24, 2.45) is 0 Å². The normalized spacial score (nSPS) is 16.0. The molecule has 0 amide bonds. The van der Waals surface area contributed by atoms with Gasteiger partial charge in [0.1, 0.15) is 10.7 Å². The molecular formula is C17H22N4O2S. The van der Waals surface area contributed by atoms with Crippen molar-refractivity contribution in [3.8, 4) is 0 Å². The molecule has 1 saturated heterocycles. The van der Waals surface area contributed by atoms with Crippen LogP contribution in [0.2, 0.25) is 0 Å². The second kappa shape index (κ2) is 7.27. The minimum absolute atomic E-state index is 0.281. The molecule has 1 fully saturated rings. The topological polar surface area (TPSA) is 66.4 Å². The van der Waals surface area contributed by atoms with E-state index in [9.17, 15) is 8.42 Å². The molecule has 0 aromatic carbocycles. The Morgan fingerprint density at radius 2 is 1.79 bits per heavy atom. The van der Waals surface area contributed by atoms with Gasteiger partial charge in [0.05, 0.1) is 0 Å². The summed E-state index contributed by atoms with van der Waals surface area (Å²) in [6, 6.07) is 7.16. The van der Waals surface area contributed by atoms with E-state index in [1.54, 1.807) is 35.0 Å². The van der Waals surface area contributed by atoms with Gasteiger partial charge in [0, 0.05) is 45.3 Å². The largest absolute Gasteiger partial charge is 0.354 e. The van der Waals surface area contributed by atoms with E-state index in [-0.39, 0.29) is 4.90 Å². The first kappa shape index (κ1) is 16.9. The molecule has 24 heavy (non-hydrogen) atoms. The summed E-state index contributed by atoms with van der Waals surface area (Å²) in [5.74, 6) is 0.486. The van der Waals surface area contributed by atoms with Gasteiger partial charge in [-0.25, -0.2) is 13.4 Å². The number of sulfonamides is 1. The van der Waals surface area contributed by atoms with Gasteiger partial charge >= 0.3 is 0 Å². The van der Waals surface area contributed by atoms with Crippen LogP contribution in [0.5, 0.6) is 0 Å². The van der Waals surface area contributed by atoms with Crippen molar-refractivity contribution in [1.29, 1.82) is 0 Å². The first-order valence-corrected chi connectivity index (χ1v) is 9.58. The summed E-state index contributed by atoms with van der Waals surface area (Å²) in [5, 5.41) is 0. The molecule has 0 N–H and O–H groups in total. The van der Waals surface area contributed by atoms with Crippen LogP contribution in [-0.2, 0) is 16.6 Å². The minimum Gasteiger partial charge on any atom is -0.354 e. The van der Waals surface area contributed by atoms with Crippen molar-refractivity contribution in [3.63, 3.8) is 0 Å².